The predicted molar refractivity (Wildman–Crippen MR) is 70.3 cm³/mol. The topological polar surface area (TPSA) is 73.9 Å². The van der Waals surface area contributed by atoms with Crippen molar-refractivity contribution in [2.75, 3.05) is 32.6 Å². The number of nitrogens with one attached hydrogen (secondary N) is 1. The minimum absolute atomic E-state index is 0.0256. The molecule has 2 rings (SSSR count). The molecule has 1 saturated carbocycles. The largest absolute Gasteiger partial charge is 0.384 e. The Bertz CT molecular complexity index is 378. The maximum atomic E-state index is 11.6. The van der Waals surface area contributed by atoms with Gasteiger partial charge in [-0.25, -0.2) is 13.1 Å². The molecule has 0 radical (unpaired) electrons. The molecule has 0 unspecified atom stereocenters. The number of hydrogen-bond donors (Lipinski definition) is 1. The van der Waals surface area contributed by atoms with Crippen molar-refractivity contribution in [3.8, 4) is 0 Å². The van der Waals surface area contributed by atoms with E-state index in [9.17, 15) is 8.42 Å². The SMILES string of the molecule is COCCS(=O)(=O)NC[C@H]1COC2(CCCCC2)O1. The highest BCUT2D eigenvalue weighted by Gasteiger charge is 2.42. The molecule has 7 heteroatoms. The van der Waals surface area contributed by atoms with Crippen LogP contribution in [0.15, 0.2) is 0 Å². The van der Waals surface area contributed by atoms with E-state index in [2.05, 4.69) is 4.72 Å². The molecule has 1 saturated heterocycles. The van der Waals surface area contributed by atoms with E-state index in [4.69, 9.17) is 14.2 Å². The monoisotopic (exact) mass is 293 g/mol. The Balaban J connectivity index is 1.76. The summed E-state index contributed by atoms with van der Waals surface area (Å²) < 4.78 is 42.2. The molecule has 1 aliphatic heterocycles. The van der Waals surface area contributed by atoms with Crippen LogP contribution < -0.4 is 4.72 Å². The highest BCUT2D eigenvalue weighted by molar-refractivity contribution is 7.89. The van der Waals surface area contributed by atoms with Crippen LogP contribution in [0.25, 0.3) is 0 Å². The Morgan fingerprint density at radius 1 is 1.32 bits per heavy atom. The van der Waals surface area contributed by atoms with Gasteiger partial charge in [0.2, 0.25) is 10.0 Å². The van der Waals surface area contributed by atoms with E-state index in [1.165, 1.54) is 13.5 Å². The first kappa shape index (κ1) is 15.2. The van der Waals surface area contributed by atoms with Crippen LogP contribution in [-0.4, -0.2) is 52.9 Å². The predicted octanol–water partition coefficient (Wildman–Crippen LogP) is 0.628. The molecule has 1 N–H and O–H groups in total. The zero-order chi connectivity index (χ0) is 13.8. The van der Waals surface area contributed by atoms with E-state index in [1.54, 1.807) is 0 Å². The van der Waals surface area contributed by atoms with E-state index in [-0.39, 0.29) is 25.0 Å². The number of sulfonamides is 1. The van der Waals surface area contributed by atoms with Crippen molar-refractivity contribution in [2.45, 2.75) is 44.0 Å². The molecule has 0 bridgehead atoms. The standard InChI is InChI=1S/C12H23NO5S/c1-16-7-8-19(14,15)13-9-11-10-17-12(18-11)5-3-2-4-6-12/h11,13H,2-10H2,1H3/t11-/m0/s1. The fraction of sp³-hybridized carbons (Fsp3) is 1.00. The van der Waals surface area contributed by atoms with E-state index >= 15 is 0 Å². The second-order valence-corrected chi connectivity index (χ2v) is 7.11. The Labute approximate surface area is 114 Å². The molecule has 2 fully saturated rings. The average Bonchev–Trinajstić information content (AvgIpc) is 2.78. The second kappa shape index (κ2) is 6.49. The quantitative estimate of drug-likeness (QED) is 0.777. The van der Waals surface area contributed by atoms with Crippen LogP contribution in [-0.2, 0) is 24.2 Å². The Hall–Kier alpha value is -0.210. The van der Waals surface area contributed by atoms with Crippen LogP contribution in [0, 0.1) is 0 Å². The molecule has 19 heavy (non-hydrogen) atoms. The minimum atomic E-state index is -3.28. The van der Waals surface area contributed by atoms with Crippen LogP contribution in [0.1, 0.15) is 32.1 Å². The van der Waals surface area contributed by atoms with Crippen molar-refractivity contribution in [3.63, 3.8) is 0 Å². The first-order chi connectivity index (χ1) is 9.05. The lowest BCUT2D eigenvalue weighted by Crippen LogP contribution is -2.38. The molecule has 0 amide bonds. The minimum Gasteiger partial charge on any atom is -0.384 e. The maximum absolute atomic E-state index is 11.6. The van der Waals surface area contributed by atoms with Crippen molar-refractivity contribution < 1.29 is 22.6 Å². The van der Waals surface area contributed by atoms with Crippen LogP contribution in [0.3, 0.4) is 0 Å². The Kier molecular flexibility index (Phi) is 5.19. The number of methoxy groups -OCH3 is 1. The molecule has 112 valence electrons. The van der Waals surface area contributed by atoms with Gasteiger partial charge < -0.3 is 14.2 Å². The number of ether oxygens (including phenoxy) is 3. The van der Waals surface area contributed by atoms with Crippen molar-refractivity contribution in [1.82, 2.24) is 4.72 Å². The van der Waals surface area contributed by atoms with Crippen LogP contribution >= 0.6 is 0 Å². The summed E-state index contributed by atoms with van der Waals surface area (Å²) in [5.41, 5.74) is 0. The molecular weight excluding hydrogens is 270 g/mol. The van der Waals surface area contributed by atoms with Gasteiger partial charge in [0.15, 0.2) is 5.79 Å². The molecular formula is C12H23NO5S. The lowest BCUT2D eigenvalue weighted by atomic mass is 9.94. The van der Waals surface area contributed by atoms with Crippen LogP contribution in [0.2, 0.25) is 0 Å². The van der Waals surface area contributed by atoms with Gasteiger partial charge >= 0.3 is 0 Å². The number of rotatable bonds is 6. The van der Waals surface area contributed by atoms with Crippen molar-refractivity contribution in [3.05, 3.63) is 0 Å². The summed E-state index contributed by atoms with van der Waals surface area (Å²) in [6.45, 7) is 0.932. The molecule has 6 nitrogen and oxygen atoms in total. The molecule has 1 heterocycles. The third kappa shape index (κ3) is 4.39. The molecule has 1 aliphatic carbocycles. The van der Waals surface area contributed by atoms with Gasteiger partial charge in [0.25, 0.3) is 0 Å². The zero-order valence-electron chi connectivity index (χ0n) is 11.4. The molecule has 0 aromatic heterocycles. The van der Waals surface area contributed by atoms with Crippen LogP contribution in [0.5, 0.6) is 0 Å². The van der Waals surface area contributed by atoms with Gasteiger partial charge in [-0.2, -0.15) is 0 Å². The van der Waals surface area contributed by atoms with E-state index in [0.717, 1.165) is 25.7 Å². The number of hydrogen-bond acceptors (Lipinski definition) is 5. The molecule has 1 atom stereocenters. The van der Waals surface area contributed by atoms with Gasteiger partial charge in [0, 0.05) is 26.5 Å². The summed E-state index contributed by atoms with van der Waals surface area (Å²) in [5.74, 6) is -0.469. The van der Waals surface area contributed by atoms with Crippen molar-refractivity contribution in [2.24, 2.45) is 0 Å². The summed E-state index contributed by atoms with van der Waals surface area (Å²) in [5, 5.41) is 0. The van der Waals surface area contributed by atoms with Gasteiger partial charge in [-0.1, -0.05) is 6.42 Å². The molecule has 0 aromatic rings. The normalized spacial score (nSPS) is 26.9. The smallest absolute Gasteiger partial charge is 0.213 e. The first-order valence-electron chi connectivity index (χ1n) is 6.83. The molecule has 2 aliphatic rings. The third-order valence-electron chi connectivity index (χ3n) is 3.62. The second-order valence-electron chi connectivity index (χ2n) is 5.18. The highest BCUT2D eigenvalue weighted by Crippen LogP contribution is 2.37. The summed E-state index contributed by atoms with van der Waals surface area (Å²) in [6, 6.07) is 0. The lowest BCUT2D eigenvalue weighted by Gasteiger charge is -2.31. The van der Waals surface area contributed by atoms with Gasteiger partial charge in [0.05, 0.1) is 25.1 Å². The Morgan fingerprint density at radius 3 is 2.74 bits per heavy atom. The van der Waals surface area contributed by atoms with Gasteiger partial charge in [-0.05, 0) is 12.8 Å². The summed E-state index contributed by atoms with van der Waals surface area (Å²) >= 11 is 0. The highest BCUT2D eigenvalue weighted by atomic mass is 32.2. The van der Waals surface area contributed by atoms with Crippen molar-refractivity contribution >= 4 is 10.0 Å². The summed E-state index contributed by atoms with van der Waals surface area (Å²) in [6.07, 6.45) is 5.11. The fourth-order valence-electron chi connectivity index (χ4n) is 2.55. The van der Waals surface area contributed by atoms with Gasteiger partial charge in [0.1, 0.15) is 0 Å². The van der Waals surface area contributed by atoms with Gasteiger partial charge in [-0.15, -0.1) is 0 Å². The third-order valence-corrected chi connectivity index (χ3v) is 4.93. The fourth-order valence-corrected chi connectivity index (χ4v) is 3.53. The lowest BCUT2D eigenvalue weighted by molar-refractivity contribution is -0.186. The summed E-state index contributed by atoms with van der Waals surface area (Å²) in [7, 11) is -1.80. The Morgan fingerprint density at radius 2 is 2.05 bits per heavy atom. The van der Waals surface area contributed by atoms with Gasteiger partial charge in [-0.3, -0.25) is 0 Å². The van der Waals surface area contributed by atoms with Crippen LogP contribution in [0.4, 0.5) is 0 Å². The zero-order valence-corrected chi connectivity index (χ0v) is 12.2. The first-order valence-corrected chi connectivity index (χ1v) is 8.49. The average molecular weight is 293 g/mol. The van der Waals surface area contributed by atoms with E-state index < -0.39 is 15.8 Å². The maximum Gasteiger partial charge on any atom is 0.213 e. The molecule has 0 aromatic carbocycles. The summed E-state index contributed by atoms with van der Waals surface area (Å²) in [4.78, 5) is 0. The van der Waals surface area contributed by atoms with Crippen molar-refractivity contribution in [1.29, 1.82) is 0 Å². The van der Waals surface area contributed by atoms with E-state index in [0.29, 0.717) is 6.61 Å². The van der Waals surface area contributed by atoms with E-state index in [1.807, 2.05) is 0 Å². The molecule has 1 spiro atoms.